The Morgan fingerprint density at radius 3 is 1.92 bits per heavy atom. The molecule has 0 atom stereocenters. The number of nitrogens with zero attached hydrogens (tertiary/aromatic N) is 3. The van der Waals surface area contributed by atoms with Crippen LogP contribution < -0.4 is 4.90 Å². The summed E-state index contributed by atoms with van der Waals surface area (Å²) in [6.07, 6.45) is 1.59. The topological polar surface area (TPSA) is 107 Å². The van der Waals surface area contributed by atoms with Crippen molar-refractivity contribution in [3.05, 3.63) is 79.2 Å². The van der Waals surface area contributed by atoms with Gasteiger partial charge >= 0.3 is 0 Å². The number of carbonyl (C=O) groups is 1. The molecule has 8 nitrogen and oxygen atoms in total. The lowest BCUT2D eigenvalue weighted by Gasteiger charge is -2.13. The van der Waals surface area contributed by atoms with Gasteiger partial charge in [-0.15, -0.1) is 0 Å². The van der Waals surface area contributed by atoms with E-state index in [2.05, 4.69) is 0 Å². The van der Waals surface area contributed by atoms with Crippen LogP contribution >= 0.6 is 24.0 Å². The van der Waals surface area contributed by atoms with Gasteiger partial charge < -0.3 is 0 Å². The molecule has 1 fully saturated rings. The summed E-state index contributed by atoms with van der Waals surface area (Å²) >= 11 is 6.33. The van der Waals surface area contributed by atoms with Gasteiger partial charge in [0.25, 0.3) is 17.3 Å². The maximum Gasteiger partial charge on any atom is 0.270 e. The average molecular weight is 387 g/mol. The average Bonchev–Trinajstić information content (AvgIpc) is 2.89. The van der Waals surface area contributed by atoms with E-state index in [0.717, 1.165) is 11.8 Å². The predicted octanol–water partition coefficient (Wildman–Crippen LogP) is 3.91. The number of thiocarbonyl (C=S) groups is 1. The second-order valence-corrected chi connectivity index (χ2v) is 6.82. The van der Waals surface area contributed by atoms with Crippen LogP contribution in [-0.2, 0) is 4.79 Å². The first kappa shape index (κ1) is 17.7. The van der Waals surface area contributed by atoms with Crippen molar-refractivity contribution in [1.29, 1.82) is 0 Å². The highest BCUT2D eigenvalue weighted by Gasteiger charge is 2.33. The van der Waals surface area contributed by atoms with Gasteiger partial charge in [-0.1, -0.05) is 24.0 Å². The summed E-state index contributed by atoms with van der Waals surface area (Å²) in [5, 5.41) is 21.4. The fourth-order valence-electron chi connectivity index (χ4n) is 2.26. The van der Waals surface area contributed by atoms with Gasteiger partial charge in [0, 0.05) is 24.3 Å². The van der Waals surface area contributed by atoms with Gasteiger partial charge in [0.15, 0.2) is 4.32 Å². The highest BCUT2D eigenvalue weighted by Crippen LogP contribution is 2.36. The van der Waals surface area contributed by atoms with Crippen LogP contribution in [0.4, 0.5) is 17.1 Å². The van der Waals surface area contributed by atoms with E-state index in [-0.39, 0.29) is 17.3 Å². The molecular weight excluding hydrogens is 378 g/mol. The summed E-state index contributed by atoms with van der Waals surface area (Å²) < 4.78 is 0.303. The van der Waals surface area contributed by atoms with E-state index in [9.17, 15) is 25.0 Å². The minimum atomic E-state index is -0.525. The van der Waals surface area contributed by atoms with E-state index in [1.54, 1.807) is 6.08 Å². The van der Waals surface area contributed by atoms with Gasteiger partial charge in [0.2, 0.25) is 0 Å². The largest absolute Gasteiger partial charge is 0.270 e. The maximum atomic E-state index is 12.6. The molecule has 0 bridgehead atoms. The van der Waals surface area contributed by atoms with Gasteiger partial charge in [-0.2, -0.15) is 0 Å². The highest BCUT2D eigenvalue weighted by atomic mass is 32.2. The van der Waals surface area contributed by atoms with E-state index in [1.807, 2.05) is 0 Å². The van der Waals surface area contributed by atoms with Gasteiger partial charge in [-0.25, -0.2) is 0 Å². The van der Waals surface area contributed by atoms with Crippen molar-refractivity contribution in [2.45, 2.75) is 0 Å². The zero-order valence-corrected chi connectivity index (χ0v) is 14.5. The number of carbonyl (C=O) groups excluding carboxylic acids is 1. The molecule has 26 heavy (non-hydrogen) atoms. The van der Waals surface area contributed by atoms with Crippen LogP contribution in [0.15, 0.2) is 53.4 Å². The molecule has 1 heterocycles. The summed E-state index contributed by atoms with van der Waals surface area (Å²) in [6.45, 7) is 0. The Balaban J connectivity index is 1.86. The number of amides is 1. The smallest absolute Gasteiger partial charge is 0.268 e. The molecule has 2 aromatic rings. The Kier molecular flexibility index (Phi) is 4.78. The number of thioether (sulfide) groups is 1. The van der Waals surface area contributed by atoms with E-state index in [1.165, 1.54) is 53.4 Å². The van der Waals surface area contributed by atoms with Crippen molar-refractivity contribution in [3.63, 3.8) is 0 Å². The second-order valence-electron chi connectivity index (χ2n) is 5.14. The van der Waals surface area contributed by atoms with Gasteiger partial charge in [0.1, 0.15) is 0 Å². The molecule has 1 aliphatic heterocycles. The molecule has 130 valence electrons. The first-order valence-corrected chi connectivity index (χ1v) is 8.36. The molecule has 0 unspecified atom stereocenters. The number of hydrogen-bond donors (Lipinski definition) is 0. The van der Waals surface area contributed by atoms with Crippen molar-refractivity contribution in [2.75, 3.05) is 4.90 Å². The molecule has 0 radical (unpaired) electrons. The number of anilines is 1. The highest BCUT2D eigenvalue weighted by molar-refractivity contribution is 8.27. The molecule has 0 aliphatic carbocycles. The number of nitro groups is 2. The predicted molar refractivity (Wildman–Crippen MR) is 102 cm³/mol. The van der Waals surface area contributed by atoms with Crippen molar-refractivity contribution in [2.24, 2.45) is 0 Å². The van der Waals surface area contributed by atoms with Crippen LogP contribution in [0.1, 0.15) is 5.56 Å². The van der Waals surface area contributed by atoms with Crippen LogP contribution in [0.2, 0.25) is 0 Å². The monoisotopic (exact) mass is 387 g/mol. The van der Waals surface area contributed by atoms with Crippen molar-refractivity contribution >= 4 is 57.3 Å². The number of rotatable bonds is 4. The Labute approximate surface area is 156 Å². The standard InChI is InChI=1S/C16H9N3O5S2/c20-15-14(9-10-1-3-12(4-2-10)18(21)22)26-16(25)17(15)11-5-7-13(8-6-11)19(23)24/h1-9H/b14-9-. The zero-order valence-electron chi connectivity index (χ0n) is 12.9. The minimum absolute atomic E-state index is 0.0411. The first-order valence-electron chi connectivity index (χ1n) is 7.13. The number of nitro benzene ring substituents is 2. The third-order valence-electron chi connectivity index (χ3n) is 3.51. The SMILES string of the molecule is O=C1/C(=C/c2ccc([N+](=O)[O-])cc2)SC(=S)N1c1ccc([N+](=O)[O-])cc1. The van der Waals surface area contributed by atoms with Gasteiger partial charge in [0.05, 0.1) is 20.4 Å². The lowest BCUT2D eigenvalue weighted by atomic mass is 10.2. The number of non-ortho nitro benzene ring substituents is 2. The van der Waals surface area contributed by atoms with Crippen LogP contribution in [-0.4, -0.2) is 20.1 Å². The summed E-state index contributed by atoms with van der Waals surface area (Å²) in [5.74, 6) is -0.354. The third kappa shape index (κ3) is 3.46. The van der Waals surface area contributed by atoms with Crippen molar-refractivity contribution in [3.8, 4) is 0 Å². The van der Waals surface area contributed by atoms with Gasteiger partial charge in [-0.3, -0.25) is 29.9 Å². The summed E-state index contributed by atoms with van der Waals surface area (Å²) in [5.41, 5.74) is 0.936. The first-order chi connectivity index (χ1) is 12.4. The lowest BCUT2D eigenvalue weighted by molar-refractivity contribution is -0.385. The summed E-state index contributed by atoms with van der Waals surface area (Å²) in [7, 11) is 0. The van der Waals surface area contributed by atoms with Crippen molar-refractivity contribution in [1.82, 2.24) is 0 Å². The van der Waals surface area contributed by atoms with E-state index >= 15 is 0 Å². The maximum absolute atomic E-state index is 12.6. The molecule has 2 aromatic carbocycles. The Bertz CT molecular complexity index is 955. The Hall–Kier alpha value is -3.11. The zero-order chi connectivity index (χ0) is 18.8. The second kappa shape index (κ2) is 7.02. The molecule has 3 rings (SSSR count). The molecule has 0 saturated carbocycles. The van der Waals surface area contributed by atoms with Crippen LogP contribution in [0.3, 0.4) is 0 Å². The quantitative estimate of drug-likeness (QED) is 0.339. The minimum Gasteiger partial charge on any atom is -0.268 e. The Morgan fingerprint density at radius 2 is 1.42 bits per heavy atom. The molecule has 10 heteroatoms. The van der Waals surface area contributed by atoms with Crippen LogP contribution in [0.25, 0.3) is 6.08 Å². The van der Waals surface area contributed by atoms with E-state index in [0.29, 0.717) is 20.5 Å². The lowest BCUT2D eigenvalue weighted by Crippen LogP contribution is -2.27. The number of benzene rings is 2. The normalized spacial score (nSPS) is 15.5. The third-order valence-corrected chi connectivity index (χ3v) is 4.82. The molecule has 0 aromatic heterocycles. The van der Waals surface area contributed by atoms with Gasteiger partial charge in [-0.05, 0) is 35.9 Å². The molecule has 1 aliphatic rings. The number of hydrogen-bond acceptors (Lipinski definition) is 7. The molecule has 1 saturated heterocycles. The van der Waals surface area contributed by atoms with Crippen LogP contribution in [0.5, 0.6) is 0 Å². The summed E-state index contributed by atoms with van der Waals surface area (Å²) in [6, 6.07) is 11.3. The Morgan fingerprint density at radius 1 is 0.923 bits per heavy atom. The fourth-order valence-corrected chi connectivity index (χ4v) is 3.56. The molecule has 0 spiro atoms. The summed E-state index contributed by atoms with van der Waals surface area (Å²) in [4.78, 5) is 34.7. The van der Waals surface area contributed by atoms with E-state index < -0.39 is 9.85 Å². The molecular formula is C16H9N3O5S2. The van der Waals surface area contributed by atoms with E-state index in [4.69, 9.17) is 12.2 Å². The molecule has 0 N–H and O–H groups in total. The van der Waals surface area contributed by atoms with Crippen molar-refractivity contribution < 1.29 is 14.6 Å². The molecule has 1 amide bonds. The van der Waals surface area contributed by atoms with Crippen LogP contribution in [0, 0.1) is 20.2 Å². The fraction of sp³-hybridized carbons (Fsp3) is 0.